The number of nitrogens with two attached hydrogens (primary N) is 1. The van der Waals surface area contributed by atoms with Crippen LogP contribution >= 0.6 is 0 Å². The first-order valence-electron chi connectivity index (χ1n) is 6.59. The van der Waals surface area contributed by atoms with Crippen LogP contribution in [0.5, 0.6) is 0 Å². The summed E-state index contributed by atoms with van der Waals surface area (Å²) >= 11 is 0. The maximum atomic E-state index is 12.0. The molecule has 0 aromatic carbocycles. The molecule has 0 saturated heterocycles. The van der Waals surface area contributed by atoms with Crippen molar-refractivity contribution < 1.29 is 13.2 Å². The maximum Gasteiger partial charge on any atom is 0.389 e. The van der Waals surface area contributed by atoms with E-state index in [9.17, 15) is 13.2 Å². The number of unbranched alkanes of at least 4 members (excludes halogenated alkanes) is 1. The lowest BCUT2D eigenvalue weighted by Crippen LogP contribution is -2.15. The van der Waals surface area contributed by atoms with Crippen molar-refractivity contribution in [3.63, 3.8) is 0 Å². The average molecular weight is 291 g/mol. The van der Waals surface area contributed by atoms with Gasteiger partial charge >= 0.3 is 6.18 Å². The van der Waals surface area contributed by atoms with Crippen LogP contribution in [0.25, 0.3) is 0 Å². The highest BCUT2D eigenvalue weighted by Crippen LogP contribution is 2.23. The normalized spacial score (nSPS) is 11.4. The van der Waals surface area contributed by atoms with Gasteiger partial charge in [0.25, 0.3) is 0 Å². The fourth-order valence-electron chi connectivity index (χ4n) is 1.83. The van der Waals surface area contributed by atoms with Gasteiger partial charge in [-0.2, -0.15) is 13.2 Å². The third kappa shape index (κ3) is 5.60. The van der Waals surface area contributed by atoms with Crippen LogP contribution in [0.3, 0.4) is 0 Å². The van der Waals surface area contributed by atoms with Crippen molar-refractivity contribution >= 4 is 11.6 Å². The number of nitrogens with zero attached hydrogens (tertiary/aromatic N) is 2. The van der Waals surface area contributed by atoms with E-state index in [1.807, 2.05) is 6.92 Å². The number of anilines is 2. The Bertz CT molecular complexity index is 409. The van der Waals surface area contributed by atoms with Gasteiger partial charge in [0.15, 0.2) is 0 Å². The van der Waals surface area contributed by atoms with Crippen molar-refractivity contribution in [2.75, 3.05) is 17.3 Å². The van der Waals surface area contributed by atoms with Gasteiger partial charge < -0.3 is 10.7 Å². The third-order valence-electron chi connectivity index (χ3n) is 2.76. The topological polar surface area (TPSA) is 75.9 Å². The van der Waals surface area contributed by atoms with Gasteiger partial charge in [-0.05, 0) is 19.3 Å². The predicted molar refractivity (Wildman–Crippen MR) is 72.2 cm³/mol. The average Bonchev–Trinajstić information content (AvgIpc) is 2.38. The highest BCUT2D eigenvalue weighted by atomic mass is 19.4. The molecule has 114 valence electrons. The van der Waals surface area contributed by atoms with Gasteiger partial charge in [0.1, 0.15) is 18.0 Å². The monoisotopic (exact) mass is 291 g/mol. The van der Waals surface area contributed by atoms with Crippen molar-refractivity contribution in [3.8, 4) is 0 Å². The van der Waals surface area contributed by atoms with Crippen LogP contribution < -0.4 is 16.6 Å². The summed E-state index contributed by atoms with van der Waals surface area (Å²) in [4.78, 5) is 8.13. The molecule has 0 aliphatic rings. The molecule has 0 aliphatic carbocycles. The Hall–Kier alpha value is -1.57. The summed E-state index contributed by atoms with van der Waals surface area (Å²) in [5.41, 5.74) is 3.36. The van der Waals surface area contributed by atoms with Gasteiger partial charge in [-0.1, -0.05) is 13.3 Å². The molecule has 0 amide bonds. The van der Waals surface area contributed by atoms with E-state index in [1.54, 1.807) is 0 Å². The largest absolute Gasteiger partial charge is 0.389 e. The van der Waals surface area contributed by atoms with Gasteiger partial charge in [-0.25, -0.2) is 15.8 Å². The van der Waals surface area contributed by atoms with Gasteiger partial charge in [0.2, 0.25) is 0 Å². The minimum Gasteiger partial charge on any atom is -0.370 e. The van der Waals surface area contributed by atoms with Crippen LogP contribution in [0.4, 0.5) is 24.8 Å². The highest BCUT2D eigenvalue weighted by Gasteiger charge is 2.25. The predicted octanol–water partition coefficient (Wildman–Crippen LogP) is 2.86. The van der Waals surface area contributed by atoms with Gasteiger partial charge in [-0.3, -0.25) is 0 Å². The van der Waals surface area contributed by atoms with Crippen LogP contribution in [0, 0.1) is 0 Å². The molecule has 0 saturated carbocycles. The van der Waals surface area contributed by atoms with E-state index in [2.05, 4.69) is 20.7 Å². The Labute approximate surface area is 116 Å². The number of hydrogen-bond acceptors (Lipinski definition) is 5. The molecule has 1 rings (SSSR count). The van der Waals surface area contributed by atoms with E-state index < -0.39 is 12.6 Å². The number of hydrazine groups is 1. The van der Waals surface area contributed by atoms with Crippen molar-refractivity contribution in [2.24, 2.45) is 5.84 Å². The van der Waals surface area contributed by atoms with Crippen LogP contribution in [0.1, 0.15) is 38.2 Å². The van der Waals surface area contributed by atoms with Gasteiger partial charge in [0.05, 0.1) is 0 Å². The van der Waals surface area contributed by atoms with E-state index in [0.717, 1.165) is 18.4 Å². The van der Waals surface area contributed by atoms with E-state index in [0.29, 0.717) is 24.6 Å². The fourth-order valence-corrected chi connectivity index (χ4v) is 1.83. The number of rotatable bonds is 8. The fraction of sp³-hybridized carbons (Fsp3) is 0.667. The number of aromatic nitrogens is 2. The molecule has 20 heavy (non-hydrogen) atoms. The smallest absolute Gasteiger partial charge is 0.370 e. The second-order valence-electron chi connectivity index (χ2n) is 4.44. The number of nitrogen functional groups attached to an aromatic ring is 1. The summed E-state index contributed by atoms with van der Waals surface area (Å²) in [6, 6.07) is 0. The highest BCUT2D eigenvalue weighted by molar-refractivity contribution is 5.56. The standard InChI is InChI=1S/C12H20F3N5/c1-2-5-9-10(18-8-19-11(9)20-16)17-7-4-3-6-12(13,14)15/h8H,2-7,16H2,1H3,(H2,17,18,19,20). The summed E-state index contributed by atoms with van der Waals surface area (Å²) < 4.78 is 36.0. The Morgan fingerprint density at radius 1 is 1.20 bits per heavy atom. The quantitative estimate of drug-likeness (QED) is 0.390. The molecular weight excluding hydrogens is 271 g/mol. The second-order valence-corrected chi connectivity index (χ2v) is 4.44. The summed E-state index contributed by atoms with van der Waals surface area (Å²) in [5, 5.41) is 3.05. The van der Waals surface area contributed by atoms with Crippen LogP contribution in [-0.2, 0) is 6.42 Å². The van der Waals surface area contributed by atoms with Crippen molar-refractivity contribution in [2.45, 2.75) is 45.2 Å². The third-order valence-corrected chi connectivity index (χ3v) is 2.76. The first-order chi connectivity index (χ1) is 9.48. The molecule has 1 aromatic rings. The summed E-state index contributed by atoms with van der Waals surface area (Å²) in [6.45, 7) is 2.45. The zero-order valence-corrected chi connectivity index (χ0v) is 11.4. The molecule has 0 bridgehead atoms. The van der Waals surface area contributed by atoms with E-state index in [1.165, 1.54) is 6.33 Å². The van der Waals surface area contributed by atoms with Crippen molar-refractivity contribution in [1.29, 1.82) is 0 Å². The first-order valence-corrected chi connectivity index (χ1v) is 6.59. The molecule has 1 aromatic heterocycles. The number of hydrogen-bond donors (Lipinski definition) is 3. The van der Waals surface area contributed by atoms with Crippen LogP contribution in [-0.4, -0.2) is 22.7 Å². The molecular formula is C12H20F3N5. The summed E-state index contributed by atoms with van der Waals surface area (Å²) in [6.07, 6.45) is -1.30. The Morgan fingerprint density at radius 3 is 2.50 bits per heavy atom. The van der Waals surface area contributed by atoms with Gasteiger partial charge in [0, 0.05) is 18.5 Å². The number of nitrogens with one attached hydrogen (secondary N) is 2. The summed E-state index contributed by atoms with van der Waals surface area (Å²) in [5.74, 6) is 6.55. The lowest BCUT2D eigenvalue weighted by molar-refractivity contribution is -0.135. The summed E-state index contributed by atoms with van der Waals surface area (Å²) in [7, 11) is 0. The lowest BCUT2D eigenvalue weighted by atomic mass is 10.1. The number of halogens is 3. The zero-order valence-electron chi connectivity index (χ0n) is 11.4. The van der Waals surface area contributed by atoms with Crippen LogP contribution in [0.15, 0.2) is 6.33 Å². The lowest BCUT2D eigenvalue weighted by Gasteiger charge is -2.13. The Balaban J connectivity index is 2.51. The van der Waals surface area contributed by atoms with Crippen LogP contribution in [0.2, 0.25) is 0 Å². The minimum absolute atomic E-state index is 0.104. The maximum absolute atomic E-state index is 12.0. The van der Waals surface area contributed by atoms with E-state index in [4.69, 9.17) is 5.84 Å². The minimum atomic E-state index is -4.08. The first kappa shape index (κ1) is 16.5. The zero-order chi connectivity index (χ0) is 15.0. The second kappa shape index (κ2) is 7.88. The van der Waals surface area contributed by atoms with Gasteiger partial charge in [-0.15, -0.1) is 0 Å². The number of alkyl halides is 3. The molecule has 0 atom stereocenters. The Kier molecular flexibility index (Phi) is 6.50. The molecule has 0 aliphatic heterocycles. The molecule has 0 spiro atoms. The van der Waals surface area contributed by atoms with Crippen molar-refractivity contribution in [1.82, 2.24) is 9.97 Å². The molecule has 4 N–H and O–H groups in total. The SMILES string of the molecule is CCCc1c(NN)ncnc1NCCCCC(F)(F)F. The van der Waals surface area contributed by atoms with E-state index in [-0.39, 0.29) is 6.42 Å². The molecule has 8 heteroatoms. The van der Waals surface area contributed by atoms with E-state index >= 15 is 0 Å². The molecule has 0 fully saturated rings. The molecule has 0 radical (unpaired) electrons. The van der Waals surface area contributed by atoms with Crippen molar-refractivity contribution in [3.05, 3.63) is 11.9 Å². The molecule has 1 heterocycles. The Morgan fingerprint density at radius 2 is 1.90 bits per heavy atom. The molecule has 5 nitrogen and oxygen atoms in total. The molecule has 0 unspecified atom stereocenters.